The summed E-state index contributed by atoms with van der Waals surface area (Å²) in [5.74, 6) is -1.43. The average molecular weight is 418 g/mol. The molecular weight excluding hydrogens is 400 g/mol. The lowest BCUT2D eigenvalue weighted by atomic mass is 10.1. The second-order valence-corrected chi connectivity index (χ2v) is 5.26. The van der Waals surface area contributed by atoms with Gasteiger partial charge >= 0.3 is 6.18 Å². The average Bonchev–Trinajstić information content (AvgIpc) is 2.68. The number of ether oxygens (including phenoxy) is 1. The largest absolute Gasteiger partial charge is 0.490 e. The van der Waals surface area contributed by atoms with Crippen LogP contribution in [0.2, 0.25) is 0 Å². The molecule has 0 fully saturated rings. The van der Waals surface area contributed by atoms with E-state index in [1.807, 2.05) is 19.2 Å². The van der Waals surface area contributed by atoms with Gasteiger partial charge in [-0.2, -0.15) is 13.2 Å². The molecule has 0 aliphatic carbocycles. The molecule has 158 valence electrons. The molecule has 7 nitrogen and oxygen atoms in total. The minimum absolute atomic E-state index is 0.165. The number of nitro benzene ring substituents is 1. The van der Waals surface area contributed by atoms with E-state index in [0.29, 0.717) is 12.1 Å². The Bertz CT molecular complexity index is 841. The van der Waals surface area contributed by atoms with E-state index in [2.05, 4.69) is 0 Å². The van der Waals surface area contributed by atoms with Crippen molar-refractivity contribution in [3.8, 4) is 5.75 Å². The summed E-state index contributed by atoms with van der Waals surface area (Å²) < 4.78 is 56.5. The van der Waals surface area contributed by atoms with Crippen molar-refractivity contribution in [2.45, 2.75) is 26.1 Å². The van der Waals surface area contributed by atoms with Crippen LogP contribution in [0, 0.1) is 15.9 Å². The molecule has 2 aromatic rings. The molecule has 2 aromatic carbocycles. The maximum Gasteiger partial charge on any atom is 0.423 e. The van der Waals surface area contributed by atoms with Crippen molar-refractivity contribution >= 4 is 17.3 Å². The van der Waals surface area contributed by atoms with Crippen LogP contribution in [0.3, 0.4) is 0 Å². The van der Waals surface area contributed by atoms with E-state index < -0.39 is 52.5 Å². The number of hydrogen-bond acceptors (Lipinski definition) is 5. The van der Waals surface area contributed by atoms with Crippen LogP contribution in [-0.2, 0) is 11.0 Å². The van der Waals surface area contributed by atoms with Crippen molar-refractivity contribution in [3.05, 3.63) is 64.0 Å². The number of nitrogens with one attached hydrogen (secondary N) is 1. The van der Waals surface area contributed by atoms with Gasteiger partial charge in [-0.15, -0.1) is 0 Å². The first kappa shape index (κ1) is 23.8. The van der Waals surface area contributed by atoms with Gasteiger partial charge in [0.05, 0.1) is 4.92 Å². The van der Waals surface area contributed by atoms with Crippen molar-refractivity contribution in [1.29, 1.82) is 0 Å². The number of benzene rings is 2. The zero-order valence-electron chi connectivity index (χ0n) is 15.4. The molecule has 1 amide bonds. The van der Waals surface area contributed by atoms with Gasteiger partial charge in [0, 0.05) is 11.8 Å². The third kappa shape index (κ3) is 7.03. The Kier molecular flexibility index (Phi) is 8.52. The number of carbonyl (C=O) groups excluding carboxylic acids is 1. The highest BCUT2D eigenvalue weighted by molar-refractivity contribution is 5.94. The summed E-state index contributed by atoms with van der Waals surface area (Å²) in [6.07, 6.45) is -6.76. The van der Waals surface area contributed by atoms with Crippen molar-refractivity contribution < 1.29 is 37.1 Å². The number of halogens is 4. The van der Waals surface area contributed by atoms with E-state index in [4.69, 9.17) is 4.74 Å². The van der Waals surface area contributed by atoms with Crippen molar-refractivity contribution in [2.75, 3.05) is 11.9 Å². The molecule has 0 heterocycles. The van der Waals surface area contributed by atoms with Gasteiger partial charge in [-0.25, -0.2) is 4.39 Å². The predicted octanol–water partition coefficient (Wildman–Crippen LogP) is 4.16. The highest BCUT2D eigenvalue weighted by atomic mass is 19.4. The summed E-state index contributed by atoms with van der Waals surface area (Å²) in [6.45, 7) is 3.45. The van der Waals surface area contributed by atoms with E-state index >= 15 is 0 Å². The highest BCUT2D eigenvalue weighted by Crippen LogP contribution is 2.37. The third-order valence-electron chi connectivity index (χ3n) is 3.29. The second-order valence-electron chi connectivity index (χ2n) is 5.26. The topological polar surface area (TPSA) is 102 Å². The first-order valence-electron chi connectivity index (χ1n) is 8.31. The molecule has 0 bridgehead atoms. The van der Waals surface area contributed by atoms with Gasteiger partial charge < -0.3 is 15.2 Å². The Morgan fingerprint density at radius 3 is 2.31 bits per heavy atom. The number of nitro groups is 1. The van der Waals surface area contributed by atoms with Gasteiger partial charge in [-0.05, 0) is 36.4 Å². The number of hydrogen-bond donors (Lipinski definition) is 2. The van der Waals surface area contributed by atoms with E-state index in [0.717, 1.165) is 18.2 Å². The van der Waals surface area contributed by atoms with Crippen LogP contribution >= 0.6 is 0 Å². The molecule has 2 rings (SSSR count). The van der Waals surface area contributed by atoms with Gasteiger partial charge in [0.2, 0.25) is 0 Å². The maximum atomic E-state index is 12.9. The number of carbonyl (C=O) groups is 1. The van der Waals surface area contributed by atoms with Crippen LogP contribution < -0.4 is 10.1 Å². The molecule has 0 aliphatic heterocycles. The van der Waals surface area contributed by atoms with Gasteiger partial charge in [0.25, 0.3) is 11.6 Å². The van der Waals surface area contributed by atoms with Crippen LogP contribution in [0.5, 0.6) is 5.75 Å². The molecule has 0 saturated carbocycles. The van der Waals surface area contributed by atoms with Gasteiger partial charge in [-0.1, -0.05) is 13.8 Å². The van der Waals surface area contributed by atoms with Crippen LogP contribution in [-0.4, -0.2) is 28.6 Å². The molecule has 0 radical (unpaired) electrons. The second kappa shape index (κ2) is 10.4. The van der Waals surface area contributed by atoms with Crippen LogP contribution in [0.4, 0.5) is 28.9 Å². The number of aliphatic hydroxyl groups excluding tert-OH is 1. The minimum Gasteiger partial charge on any atom is -0.490 e. The van der Waals surface area contributed by atoms with E-state index in [-0.39, 0.29) is 5.75 Å². The molecule has 2 N–H and O–H groups in total. The summed E-state index contributed by atoms with van der Waals surface area (Å²) in [6, 6.07) is 6.59. The van der Waals surface area contributed by atoms with E-state index in [1.165, 1.54) is 12.1 Å². The summed E-state index contributed by atoms with van der Waals surface area (Å²) in [5, 5.41) is 22.4. The summed E-state index contributed by atoms with van der Waals surface area (Å²) in [4.78, 5) is 21.3. The van der Waals surface area contributed by atoms with Crippen LogP contribution in [0.1, 0.15) is 19.4 Å². The number of aliphatic hydroxyl groups is 1. The Morgan fingerprint density at radius 1 is 1.21 bits per heavy atom. The molecule has 0 unspecified atom stereocenters. The first-order valence-corrected chi connectivity index (χ1v) is 8.31. The van der Waals surface area contributed by atoms with Crippen molar-refractivity contribution in [3.63, 3.8) is 0 Å². The molecule has 0 aromatic heterocycles. The van der Waals surface area contributed by atoms with Crippen molar-refractivity contribution in [1.82, 2.24) is 0 Å². The first-order chi connectivity index (χ1) is 13.6. The Balaban J connectivity index is 0.00000204. The van der Waals surface area contributed by atoms with E-state index in [9.17, 15) is 37.6 Å². The monoisotopic (exact) mass is 418 g/mol. The lowest BCUT2D eigenvalue weighted by Gasteiger charge is -2.14. The maximum absolute atomic E-state index is 12.9. The number of amides is 1. The number of alkyl halides is 3. The van der Waals surface area contributed by atoms with Gasteiger partial charge in [0.15, 0.2) is 6.10 Å². The summed E-state index contributed by atoms with van der Waals surface area (Å²) in [5.41, 5.74) is -3.10. The molecule has 0 spiro atoms. The smallest absolute Gasteiger partial charge is 0.423 e. The molecular formula is C18H18F4N2O5. The fraction of sp³-hybridized carbons (Fsp3) is 0.278. The fourth-order valence-corrected chi connectivity index (χ4v) is 2.01. The quantitative estimate of drug-likeness (QED) is 0.417. The zero-order valence-corrected chi connectivity index (χ0v) is 15.4. The highest BCUT2D eigenvalue weighted by Gasteiger charge is 2.38. The number of anilines is 1. The normalized spacial score (nSPS) is 11.7. The van der Waals surface area contributed by atoms with Crippen molar-refractivity contribution in [2.24, 2.45) is 0 Å². The standard InChI is InChI=1S/C16H12F4N2O5.C2H6/c17-9-1-4-11(5-2-9)27-8-14(23)15(24)21-10-3-6-13(22(25)26)12(7-10)16(18,19)20;1-2/h1-7,14,23H,8H2,(H,21,24);1-2H3/t14-;/m0./s1. The van der Waals surface area contributed by atoms with Crippen LogP contribution in [0.15, 0.2) is 42.5 Å². The lowest BCUT2D eigenvalue weighted by molar-refractivity contribution is -0.388. The Morgan fingerprint density at radius 2 is 1.79 bits per heavy atom. The molecule has 1 atom stereocenters. The third-order valence-corrected chi connectivity index (χ3v) is 3.29. The Labute approximate surface area is 163 Å². The summed E-state index contributed by atoms with van der Waals surface area (Å²) in [7, 11) is 0. The van der Waals surface area contributed by atoms with Gasteiger partial charge in [-0.3, -0.25) is 14.9 Å². The minimum atomic E-state index is -5.01. The molecule has 0 aliphatic rings. The van der Waals surface area contributed by atoms with E-state index in [1.54, 1.807) is 0 Å². The molecule has 11 heteroatoms. The Hall–Kier alpha value is -3.21. The van der Waals surface area contributed by atoms with Crippen LogP contribution in [0.25, 0.3) is 0 Å². The summed E-state index contributed by atoms with van der Waals surface area (Å²) >= 11 is 0. The number of nitrogens with zero attached hydrogens (tertiary/aromatic N) is 1. The molecule has 0 saturated heterocycles. The predicted molar refractivity (Wildman–Crippen MR) is 96.0 cm³/mol. The van der Waals surface area contributed by atoms with Gasteiger partial charge in [0.1, 0.15) is 23.7 Å². The SMILES string of the molecule is CC.O=C(Nc1ccc([N+](=O)[O-])c(C(F)(F)F)c1)[C@@H](O)COc1ccc(F)cc1. The number of rotatable bonds is 6. The molecule has 29 heavy (non-hydrogen) atoms. The fourth-order valence-electron chi connectivity index (χ4n) is 2.01. The zero-order chi connectivity index (χ0) is 22.2. The lowest BCUT2D eigenvalue weighted by Crippen LogP contribution is -2.33.